The van der Waals surface area contributed by atoms with Crippen LogP contribution in [0, 0.1) is 0 Å². The van der Waals surface area contributed by atoms with Crippen LogP contribution in [0.25, 0.3) is 0 Å². The Hall–Kier alpha value is -1.51. The Balaban J connectivity index is 4.25. The predicted octanol–water partition coefficient (Wildman–Crippen LogP) is 1.82. The Morgan fingerprint density at radius 3 is 2.54 bits per heavy atom. The van der Waals surface area contributed by atoms with Crippen molar-refractivity contribution in [3.8, 4) is 0 Å². The smallest absolute Gasteiger partial charge is 0.372 e. The maximum Gasteiger partial charge on any atom is 0.372 e. The minimum Gasteiger partial charge on any atom is -0.483 e. The molecule has 0 heterocycles. The second kappa shape index (κ2) is 7.16. The van der Waals surface area contributed by atoms with Crippen LogP contribution in [0.3, 0.4) is 0 Å². The maximum absolute atomic E-state index is 11.0. The van der Waals surface area contributed by atoms with E-state index in [4.69, 9.17) is 4.74 Å². The van der Waals surface area contributed by atoms with Gasteiger partial charge < -0.3 is 9.47 Å². The van der Waals surface area contributed by atoms with E-state index < -0.39 is 5.97 Å². The van der Waals surface area contributed by atoms with E-state index in [1.165, 1.54) is 7.11 Å². The zero-order valence-electron chi connectivity index (χ0n) is 7.79. The Morgan fingerprint density at radius 1 is 1.38 bits per heavy atom. The normalized spacial score (nSPS) is 10.4. The van der Waals surface area contributed by atoms with Gasteiger partial charge in [0, 0.05) is 0 Å². The molecule has 0 N–H and O–H groups in total. The molecule has 0 spiro atoms. The van der Waals surface area contributed by atoms with Crippen molar-refractivity contribution in [3.05, 3.63) is 37.1 Å². The summed E-state index contributed by atoms with van der Waals surface area (Å²) in [4.78, 5) is 11.0. The summed E-state index contributed by atoms with van der Waals surface area (Å²) in [5, 5.41) is 0. The lowest BCUT2D eigenvalue weighted by molar-refractivity contribution is -0.139. The fourth-order valence-electron chi connectivity index (χ4n) is 0.641. The van der Waals surface area contributed by atoms with E-state index in [0.29, 0.717) is 6.42 Å². The summed E-state index contributed by atoms with van der Waals surface area (Å²) in [5.41, 5.74) is 0. The number of allylic oxidation sites excluding steroid dienone is 2. The lowest BCUT2D eigenvalue weighted by atomic mass is 10.3. The first-order chi connectivity index (χ1) is 6.26. The number of esters is 1. The summed E-state index contributed by atoms with van der Waals surface area (Å²) < 4.78 is 9.57. The standard InChI is InChI=1S/C10H14O3/c1-4-6-7-9(10(11)12-3)13-8-5-2/h4-5,7H,1-2,6,8H2,3H3. The fourth-order valence-corrected chi connectivity index (χ4v) is 0.641. The first-order valence-electron chi connectivity index (χ1n) is 3.89. The number of hydrogen-bond donors (Lipinski definition) is 0. The van der Waals surface area contributed by atoms with Gasteiger partial charge in [0.1, 0.15) is 6.61 Å². The van der Waals surface area contributed by atoms with Crippen LogP contribution in [0.1, 0.15) is 6.42 Å². The third-order valence-electron chi connectivity index (χ3n) is 1.21. The summed E-state index contributed by atoms with van der Waals surface area (Å²) in [5.74, 6) is -0.286. The molecule has 0 aliphatic heterocycles. The van der Waals surface area contributed by atoms with Crippen molar-refractivity contribution < 1.29 is 14.3 Å². The summed E-state index contributed by atoms with van der Waals surface area (Å²) in [6, 6.07) is 0. The molecule has 0 radical (unpaired) electrons. The predicted molar refractivity (Wildman–Crippen MR) is 51.1 cm³/mol. The molecule has 0 saturated heterocycles. The Bertz CT molecular complexity index is 216. The first-order valence-corrected chi connectivity index (χ1v) is 3.89. The van der Waals surface area contributed by atoms with Gasteiger partial charge >= 0.3 is 5.97 Å². The maximum atomic E-state index is 11.0. The van der Waals surface area contributed by atoms with Crippen molar-refractivity contribution in [3.63, 3.8) is 0 Å². The van der Waals surface area contributed by atoms with Crippen LogP contribution in [-0.2, 0) is 14.3 Å². The SMILES string of the molecule is C=CCC=C(OCC=C)C(=O)OC. The number of rotatable bonds is 6. The van der Waals surface area contributed by atoms with Gasteiger partial charge in [0.15, 0.2) is 0 Å². The Kier molecular flexibility index (Phi) is 6.32. The van der Waals surface area contributed by atoms with Gasteiger partial charge in [0.05, 0.1) is 7.11 Å². The highest BCUT2D eigenvalue weighted by Gasteiger charge is 2.08. The highest BCUT2D eigenvalue weighted by molar-refractivity contribution is 5.86. The van der Waals surface area contributed by atoms with E-state index in [2.05, 4.69) is 17.9 Å². The molecule has 3 nitrogen and oxygen atoms in total. The quantitative estimate of drug-likeness (QED) is 0.272. The van der Waals surface area contributed by atoms with Crippen LogP contribution in [-0.4, -0.2) is 19.7 Å². The molecule has 0 amide bonds. The largest absolute Gasteiger partial charge is 0.483 e. The van der Waals surface area contributed by atoms with E-state index in [0.717, 1.165) is 0 Å². The van der Waals surface area contributed by atoms with Crippen LogP contribution in [0.4, 0.5) is 0 Å². The minimum atomic E-state index is -0.483. The highest BCUT2D eigenvalue weighted by atomic mass is 16.6. The topological polar surface area (TPSA) is 35.5 Å². The van der Waals surface area contributed by atoms with Crippen LogP contribution >= 0.6 is 0 Å². The van der Waals surface area contributed by atoms with E-state index in [9.17, 15) is 4.79 Å². The zero-order valence-corrected chi connectivity index (χ0v) is 7.79. The molecule has 0 aromatic carbocycles. The van der Waals surface area contributed by atoms with E-state index in [-0.39, 0.29) is 12.4 Å². The first kappa shape index (κ1) is 11.5. The minimum absolute atomic E-state index is 0.197. The monoisotopic (exact) mass is 182 g/mol. The second-order valence-electron chi connectivity index (χ2n) is 2.18. The summed E-state index contributed by atoms with van der Waals surface area (Å²) in [7, 11) is 1.31. The summed E-state index contributed by atoms with van der Waals surface area (Å²) in [6.45, 7) is 7.29. The van der Waals surface area contributed by atoms with Crippen LogP contribution < -0.4 is 0 Å². The number of carbonyl (C=O) groups is 1. The Labute approximate surface area is 78.3 Å². The molecule has 0 bridgehead atoms. The van der Waals surface area contributed by atoms with Gasteiger partial charge in [-0.25, -0.2) is 4.79 Å². The fraction of sp³-hybridized carbons (Fsp3) is 0.300. The summed E-state index contributed by atoms with van der Waals surface area (Å²) in [6.07, 6.45) is 5.41. The molecule has 72 valence electrons. The van der Waals surface area contributed by atoms with Crippen LogP contribution in [0.15, 0.2) is 37.1 Å². The average Bonchev–Trinajstić information content (AvgIpc) is 2.17. The lowest BCUT2D eigenvalue weighted by Gasteiger charge is -2.05. The molecule has 0 unspecified atom stereocenters. The second-order valence-corrected chi connectivity index (χ2v) is 2.18. The van der Waals surface area contributed by atoms with Gasteiger partial charge in [-0.2, -0.15) is 0 Å². The number of methoxy groups -OCH3 is 1. The molecular formula is C10H14O3. The van der Waals surface area contributed by atoms with Gasteiger partial charge in [-0.1, -0.05) is 18.7 Å². The van der Waals surface area contributed by atoms with Crippen LogP contribution in [0.2, 0.25) is 0 Å². The van der Waals surface area contributed by atoms with Crippen LogP contribution in [0.5, 0.6) is 0 Å². The summed E-state index contributed by atoms with van der Waals surface area (Å²) >= 11 is 0. The number of ether oxygens (including phenoxy) is 2. The van der Waals surface area contributed by atoms with Gasteiger partial charge in [-0.3, -0.25) is 0 Å². The average molecular weight is 182 g/mol. The van der Waals surface area contributed by atoms with Crippen molar-refractivity contribution >= 4 is 5.97 Å². The zero-order chi connectivity index (χ0) is 10.1. The molecule has 0 fully saturated rings. The van der Waals surface area contributed by atoms with Crippen molar-refractivity contribution in [2.24, 2.45) is 0 Å². The number of carbonyl (C=O) groups excluding carboxylic acids is 1. The molecule has 0 aliphatic rings. The third kappa shape index (κ3) is 4.85. The van der Waals surface area contributed by atoms with E-state index in [1.807, 2.05) is 0 Å². The van der Waals surface area contributed by atoms with Gasteiger partial charge in [-0.05, 0) is 12.5 Å². The molecular weight excluding hydrogens is 168 g/mol. The van der Waals surface area contributed by atoms with E-state index in [1.54, 1.807) is 18.2 Å². The van der Waals surface area contributed by atoms with Crippen molar-refractivity contribution in [1.82, 2.24) is 0 Å². The molecule has 13 heavy (non-hydrogen) atoms. The lowest BCUT2D eigenvalue weighted by Crippen LogP contribution is -2.08. The number of hydrogen-bond acceptors (Lipinski definition) is 3. The van der Waals surface area contributed by atoms with Gasteiger partial charge in [0.2, 0.25) is 5.76 Å². The molecule has 0 rings (SSSR count). The molecule has 0 aromatic heterocycles. The van der Waals surface area contributed by atoms with Crippen molar-refractivity contribution in [1.29, 1.82) is 0 Å². The molecule has 3 heteroatoms. The van der Waals surface area contributed by atoms with Gasteiger partial charge in [0.25, 0.3) is 0 Å². The molecule has 0 atom stereocenters. The molecule has 0 aliphatic carbocycles. The van der Waals surface area contributed by atoms with Crippen molar-refractivity contribution in [2.75, 3.05) is 13.7 Å². The van der Waals surface area contributed by atoms with Crippen molar-refractivity contribution in [2.45, 2.75) is 6.42 Å². The molecule has 0 saturated carbocycles. The molecule has 0 aromatic rings. The Morgan fingerprint density at radius 2 is 2.08 bits per heavy atom. The van der Waals surface area contributed by atoms with Gasteiger partial charge in [-0.15, -0.1) is 6.58 Å². The highest BCUT2D eigenvalue weighted by Crippen LogP contribution is 2.02. The third-order valence-corrected chi connectivity index (χ3v) is 1.21. The van der Waals surface area contributed by atoms with E-state index >= 15 is 0 Å².